The highest BCUT2D eigenvalue weighted by Crippen LogP contribution is 2.43. The number of hydrogen-bond acceptors (Lipinski definition) is 3. The van der Waals surface area contributed by atoms with Crippen LogP contribution in [0.5, 0.6) is 0 Å². The van der Waals surface area contributed by atoms with Crippen LogP contribution in [0.4, 0.5) is 0 Å². The zero-order valence-corrected chi connectivity index (χ0v) is 37.5. The molecule has 13 aromatic rings. The molecule has 0 radical (unpaired) electrons. The summed E-state index contributed by atoms with van der Waals surface area (Å²) in [6, 6.07) is 90.3. The van der Waals surface area contributed by atoms with Gasteiger partial charge in [-0.05, 0) is 75.8 Å². The summed E-state index contributed by atoms with van der Waals surface area (Å²) in [6.07, 6.45) is 0. The van der Waals surface area contributed by atoms with E-state index in [1.54, 1.807) is 0 Å². The fraction of sp³-hybridized carbons (Fsp3) is 0. The van der Waals surface area contributed by atoms with Gasteiger partial charge in [0.1, 0.15) is 0 Å². The van der Waals surface area contributed by atoms with Gasteiger partial charge < -0.3 is 4.57 Å². The summed E-state index contributed by atoms with van der Waals surface area (Å²) in [6.45, 7) is 0. The van der Waals surface area contributed by atoms with Crippen molar-refractivity contribution in [2.24, 2.45) is 0 Å². The van der Waals surface area contributed by atoms with Gasteiger partial charge in [-0.25, -0.2) is 15.0 Å². The molecule has 0 saturated carbocycles. The molecule has 0 aliphatic rings. The maximum Gasteiger partial charge on any atom is 0.160 e. The second kappa shape index (κ2) is 16.9. The maximum absolute atomic E-state index is 5.49. The molecule has 4 nitrogen and oxygen atoms in total. The number of benzene rings is 10. The number of rotatable bonds is 8. The zero-order chi connectivity index (χ0) is 45.7. The van der Waals surface area contributed by atoms with Crippen molar-refractivity contribution >= 4 is 43.5 Å². The van der Waals surface area contributed by atoms with E-state index in [9.17, 15) is 0 Å². The second-order valence-electron chi connectivity index (χ2n) is 17.6. The van der Waals surface area contributed by atoms with Crippen LogP contribution < -0.4 is 0 Å². The van der Waals surface area contributed by atoms with Gasteiger partial charge in [0.15, 0.2) is 5.82 Å². The summed E-state index contributed by atoms with van der Waals surface area (Å²) < 4.78 is 2.43. The fourth-order valence-electron chi connectivity index (χ4n) is 10.0. The number of nitrogens with zero attached hydrogens (tertiary/aromatic N) is 4. The van der Waals surface area contributed by atoms with E-state index in [4.69, 9.17) is 15.0 Å². The van der Waals surface area contributed by atoms with Crippen molar-refractivity contribution in [2.75, 3.05) is 0 Å². The molecule has 0 N–H and O–H groups in total. The third-order valence-electron chi connectivity index (χ3n) is 13.4. The minimum Gasteiger partial charge on any atom is -0.309 e. The number of para-hydroxylation sites is 2. The van der Waals surface area contributed by atoms with E-state index in [1.165, 1.54) is 27.2 Å². The normalized spacial score (nSPS) is 11.5. The lowest BCUT2D eigenvalue weighted by atomic mass is 9.95. The van der Waals surface area contributed by atoms with Gasteiger partial charge in [0.05, 0.1) is 33.6 Å². The lowest BCUT2D eigenvalue weighted by Gasteiger charge is -2.15. The molecule has 10 aromatic carbocycles. The number of aromatic nitrogens is 4. The van der Waals surface area contributed by atoms with Gasteiger partial charge in [0.25, 0.3) is 0 Å². The van der Waals surface area contributed by atoms with Crippen LogP contribution >= 0.6 is 0 Å². The molecule has 0 atom stereocenters. The van der Waals surface area contributed by atoms with E-state index in [0.717, 1.165) is 94.7 Å². The Morgan fingerprint density at radius 1 is 0.275 bits per heavy atom. The van der Waals surface area contributed by atoms with Crippen molar-refractivity contribution in [1.29, 1.82) is 0 Å². The molecule has 0 bridgehead atoms. The third-order valence-corrected chi connectivity index (χ3v) is 13.4. The van der Waals surface area contributed by atoms with E-state index in [0.29, 0.717) is 5.82 Å². The first-order valence-electron chi connectivity index (χ1n) is 23.4. The van der Waals surface area contributed by atoms with Crippen LogP contribution in [0, 0.1) is 0 Å². The zero-order valence-electron chi connectivity index (χ0n) is 37.5. The summed E-state index contributed by atoms with van der Waals surface area (Å²) in [5.41, 5.74) is 18.0. The summed E-state index contributed by atoms with van der Waals surface area (Å²) in [5, 5.41) is 5.87. The van der Waals surface area contributed by atoms with Crippen LogP contribution in [0.2, 0.25) is 0 Å². The second-order valence-corrected chi connectivity index (χ2v) is 17.6. The molecule has 0 saturated heterocycles. The molecule has 322 valence electrons. The average Bonchev–Trinajstić information content (AvgIpc) is 3.78. The summed E-state index contributed by atoms with van der Waals surface area (Å²) in [5.74, 6) is 0.668. The topological polar surface area (TPSA) is 43.6 Å². The van der Waals surface area contributed by atoms with Crippen molar-refractivity contribution in [3.8, 4) is 84.2 Å². The largest absolute Gasteiger partial charge is 0.309 e. The predicted molar refractivity (Wildman–Crippen MR) is 287 cm³/mol. The third kappa shape index (κ3) is 7.23. The molecule has 0 unspecified atom stereocenters. The first-order valence-corrected chi connectivity index (χ1v) is 23.4. The highest BCUT2D eigenvalue weighted by atomic mass is 15.0. The number of pyridine rings is 1. The Balaban J connectivity index is 0.952. The van der Waals surface area contributed by atoms with Gasteiger partial charge in [-0.15, -0.1) is 0 Å². The SMILES string of the molecule is c1ccc(-c2cccc(-c3cc(-c4cccc(-c5ccccc5)c4)nc(-c4ccc(-c5ccc6c(c5)nc(-c5ccccc5)c5ccc7c8ccccc8n(-c8ccccc8)c7c56)cc4)n3)c2)cc1. The molecule has 0 amide bonds. The standard InChI is InChI=1S/C65H42N4/c1-5-17-43(18-6-1)48-23-15-25-51(39-48)58-42-59(52-26-16-24-49(40-52)44-19-7-2-8-20-44)68-65(67-58)47-33-31-45(32-34-47)50-35-36-56-60(41-50)66-63(46-21-9-3-10-22-46)57-38-37-55-54-29-13-14-30-61(54)69(64(55)62(56)57)53-27-11-4-12-28-53/h1-42H. The Morgan fingerprint density at radius 2 is 0.739 bits per heavy atom. The monoisotopic (exact) mass is 878 g/mol. The maximum atomic E-state index is 5.49. The first-order chi connectivity index (χ1) is 34.2. The van der Waals surface area contributed by atoms with Crippen LogP contribution in [0.3, 0.4) is 0 Å². The quantitative estimate of drug-likeness (QED) is 0.143. The number of fused-ring (bicyclic) bond motifs is 7. The van der Waals surface area contributed by atoms with Gasteiger partial charge in [-0.1, -0.05) is 212 Å². The summed E-state index contributed by atoms with van der Waals surface area (Å²) in [4.78, 5) is 16.0. The average molecular weight is 879 g/mol. The molecule has 4 heteroatoms. The predicted octanol–water partition coefficient (Wildman–Crippen LogP) is 16.9. The fourth-order valence-corrected chi connectivity index (χ4v) is 10.0. The Hall–Kier alpha value is -9.25. The molecule has 13 rings (SSSR count). The van der Waals surface area contributed by atoms with Gasteiger partial charge in [0, 0.05) is 54.9 Å². The van der Waals surface area contributed by atoms with E-state index in [1.807, 2.05) is 0 Å². The van der Waals surface area contributed by atoms with Crippen LogP contribution in [0.25, 0.3) is 128 Å². The van der Waals surface area contributed by atoms with Gasteiger partial charge in [0.2, 0.25) is 0 Å². The molecule has 0 aliphatic carbocycles. The molecule has 69 heavy (non-hydrogen) atoms. The molecular formula is C65H42N4. The van der Waals surface area contributed by atoms with E-state index >= 15 is 0 Å². The highest BCUT2D eigenvalue weighted by molar-refractivity contribution is 6.27. The van der Waals surface area contributed by atoms with Gasteiger partial charge in [-0.3, -0.25) is 0 Å². The molecular weight excluding hydrogens is 837 g/mol. The van der Waals surface area contributed by atoms with Crippen molar-refractivity contribution in [2.45, 2.75) is 0 Å². The molecule has 3 aromatic heterocycles. The van der Waals surface area contributed by atoms with Crippen molar-refractivity contribution in [1.82, 2.24) is 19.5 Å². The molecule has 0 aliphatic heterocycles. The van der Waals surface area contributed by atoms with E-state index < -0.39 is 0 Å². The van der Waals surface area contributed by atoms with Crippen molar-refractivity contribution in [3.05, 3.63) is 255 Å². The summed E-state index contributed by atoms with van der Waals surface area (Å²) in [7, 11) is 0. The Labute approximate surface area is 400 Å². The minimum atomic E-state index is 0.668. The Morgan fingerprint density at radius 3 is 1.38 bits per heavy atom. The van der Waals surface area contributed by atoms with Crippen LogP contribution in [0.1, 0.15) is 0 Å². The number of hydrogen-bond donors (Lipinski definition) is 0. The van der Waals surface area contributed by atoms with Crippen LogP contribution in [0.15, 0.2) is 255 Å². The molecule has 0 spiro atoms. The lowest BCUT2D eigenvalue weighted by molar-refractivity contribution is 1.18. The van der Waals surface area contributed by atoms with Crippen molar-refractivity contribution in [3.63, 3.8) is 0 Å². The Kier molecular flexibility index (Phi) is 9.80. The van der Waals surface area contributed by atoms with Crippen LogP contribution in [-0.2, 0) is 0 Å². The summed E-state index contributed by atoms with van der Waals surface area (Å²) >= 11 is 0. The van der Waals surface area contributed by atoms with Gasteiger partial charge in [-0.2, -0.15) is 0 Å². The highest BCUT2D eigenvalue weighted by Gasteiger charge is 2.20. The first kappa shape index (κ1) is 40.1. The lowest BCUT2D eigenvalue weighted by Crippen LogP contribution is -1.97. The van der Waals surface area contributed by atoms with Crippen molar-refractivity contribution < 1.29 is 0 Å². The molecule has 3 heterocycles. The Bertz CT molecular complexity index is 3930. The van der Waals surface area contributed by atoms with Crippen LogP contribution in [-0.4, -0.2) is 19.5 Å². The minimum absolute atomic E-state index is 0.668. The van der Waals surface area contributed by atoms with E-state index in [-0.39, 0.29) is 0 Å². The van der Waals surface area contributed by atoms with E-state index in [2.05, 4.69) is 259 Å². The van der Waals surface area contributed by atoms with Gasteiger partial charge >= 0.3 is 0 Å². The smallest absolute Gasteiger partial charge is 0.160 e. The molecule has 0 fully saturated rings.